The lowest BCUT2D eigenvalue weighted by molar-refractivity contribution is 0.598. The lowest BCUT2D eigenvalue weighted by Gasteiger charge is -2.20. The van der Waals surface area contributed by atoms with E-state index in [1.807, 2.05) is 0 Å². The Hall–Kier alpha value is -5.74. The van der Waals surface area contributed by atoms with Crippen molar-refractivity contribution in [3.63, 3.8) is 0 Å². The van der Waals surface area contributed by atoms with Crippen molar-refractivity contribution in [3.8, 4) is 17.2 Å². The van der Waals surface area contributed by atoms with Gasteiger partial charge in [0.05, 0.1) is 27.6 Å². The summed E-state index contributed by atoms with van der Waals surface area (Å²) in [4.78, 5) is 10.6. The van der Waals surface area contributed by atoms with Crippen LogP contribution in [0.1, 0.15) is 42.6 Å². The molecule has 0 saturated heterocycles. The molecule has 4 aromatic carbocycles. The summed E-state index contributed by atoms with van der Waals surface area (Å²) in [6, 6.07) is 30.2. The summed E-state index contributed by atoms with van der Waals surface area (Å²) in [5.74, 6) is 2.09. The molecule has 0 radical (unpaired) electrons. The van der Waals surface area contributed by atoms with Gasteiger partial charge in [-0.25, -0.2) is 9.97 Å². The van der Waals surface area contributed by atoms with Gasteiger partial charge in [0.2, 0.25) is 5.95 Å². The summed E-state index contributed by atoms with van der Waals surface area (Å²) in [6.07, 6.45) is 23.7. The van der Waals surface area contributed by atoms with E-state index in [2.05, 4.69) is 138 Å². The molecular weight excluding hydrogens is 587 g/mol. The SMILES string of the molecule is C1=CC(C2C=CC(c3cccc(-c4nc(-n5c6ccccc6c6c7oc8c(c7ccc65)CCC=C8)nc5ccccc45)c3)=CC2)=CCC1. The van der Waals surface area contributed by atoms with Crippen molar-refractivity contribution in [2.75, 3.05) is 0 Å². The average molecular weight is 620 g/mol. The van der Waals surface area contributed by atoms with Crippen LogP contribution >= 0.6 is 0 Å². The number of hydrogen-bond donors (Lipinski definition) is 0. The van der Waals surface area contributed by atoms with Gasteiger partial charge in [-0.15, -0.1) is 0 Å². The number of nitrogens with zero attached hydrogens (tertiary/aromatic N) is 3. The van der Waals surface area contributed by atoms with Crippen LogP contribution in [0.2, 0.25) is 0 Å². The monoisotopic (exact) mass is 619 g/mol. The lowest BCUT2D eigenvalue weighted by Crippen LogP contribution is -2.04. The number of furan rings is 1. The molecule has 3 heterocycles. The van der Waals surface area contributed by atoms with Gasteiger partial charge in [-0.1, -0.05) is 97.1 Å². The zero-order chi connectivity index (χ0) is 31.6. The van der Waals surface area contributed by atoms with Crippen molar-refractivity contribution in [2.45, 2.75) is 32.1 Å². The van der Waals surface area contributed by atoms with Crippen molar-refractivity contribution in [2.24, 2.45) is 5.92 Å². The number of fused-ring (bicyclic) bond motifs is 8. The Balaban J connectivity index is 1.13. The number of benzene rings is 4. The number of allylic oxidation sites excluding steroid dienone is 9. The van der Waals surface area contributed by atoms with E-state index >= 15 is 0 Å². The van der Waals surface area contributed by atoms with Crippen LogP contribution in [0.25, 0.3) is 72.5 Å². The van der Waals surface area contributed by atoms with E-state index in [1.54, 1.807) is 0 Å². The van der Waals surface area contributed by atoms with Crippen molar-refractivity contribution in [3.05, 3.63) is 150 Å². The fourth-order valence-electron chi connectivity index (χ4n) is 7.92. The smallest absolute Gasteiger partial charge is 0.235 e. The molecular formula is C44H33N3O. The summed E-state index contributed by atoms with van der Waals surface area (Å²) in [6.45, 7) is 0. The fourth-order valence-corrected chi connectivity index (χ4v) is 7.92. The molecule has 4 nitrogen and oxygen atoms in total. The first kappa shape index (κ1) is 27.4. The van der Waals surface area contributed by atoms with Crippen LogP contribution in [0.5, 0.6) is 0 Å². The summed E-state index contributed by atoms with van der Waals surface area (Å²) in [5.41, 5.74) is 11.2. The normalized spacial score (nSPS) is 17.4. The molecule has 0 N–H and O–H groups in total. The van der Waals surface area contributed by atoms with Gasteiger partial charge in [-0.3, -0.25) is 4.57 Å². The van der Waals surface area contributed by atoms with E-state index in [4.69, 9.17) is 14.4 Å². The predicted octanol–water partition coefficient (Wildman–Crippen LogP) is 11.3. The molecule has 1 unspecified atom stereocenters. The Morgan fingerprint density at radius 3 is 2.46 bits per heavy atom. The van der Waals surface area contributed by atoms with E-state index < -0.39 is 0 Å². The first-order chi connectivity index (χ1) is 23.8. The first-order valence-corrected chi connectivity index (χ1v) is 17.1. The minimum absolute atomic E-state index is 0.456. The van der Waals surface area contributed by atoms with Gasteiger partial charge in [-0.2, -0.15) is 0 Å². The molecule has 3 aliphatic carbocycles. The van der Waals surface area contributed by atoms with Crippen molar-refractivity contribution in [1.29, 1.82) is 0 Å². The minimum atomic E-state index is 0.456. The minimum Gasteiger partial charge on any atom is -0.456 e. The molecule has 3 aromatic heterocycles. The second-order valence-electron chi connectivity index (χ2n) is 13.1. The molecule has 230 valence electrons. The van der Waals surface area contributed by atoms with E-state index in [0.29, 0.717) is 11.9 Å². The van der Waals surface area contributed by atoms with Gasteiger partial charge in [0.25, 0.3) is 0 Å². The van der Waals surface area contributed by atoms with Crippen LogP contribution in [-0.4, -0.2) is 14.5 Å². The van der Waals surface area contributed by atoms with Crippen LogP contribution in [0.15, 0.2) is 137 Å². The zero-order valence-electron chi connectivity index (χ0n) is 26.6. The van der Waals surface area contributed by atoms with Gasteiger partial charge in [0.15, 0.2) is 0 Å². The van der Waals surface area contributed by atoms with Crippen LogP contribution in [0, 0.1) is 5.92 Å². The van der Waals surface area contributed by atoms with Gasteiger partial charge >= 0.3 is 0 Å². The Kier molecular flexibility index (Phi) is 6.23. The third-order valence-electron chi connectivity index (χ3n) is 10.3. The van der Waals surface area contributed by atoms with Crippen LogP contribution in [0.3, 0.4) is 0 Å². The molecule has 10 rings (SSSR count). The van der Waals surface area contributed by atoms with Crippen molar-refractivity contribution < 1.29 is 4.42 Å². The molecule has 0 spiro atoms. The highest BCUT2D eigenvalue weighted by Gasteiger charge is 2.23. The average Bonchev–Trinajstić information content (AvgIpc) is 3.71. The quantitative estimate of drug-likeness (QED) is 0.197. The van der Waals surface area contributed by atoms with Crippen molar-refractivity contribution >= 4 is 55.3 Å². The highest BCUT2D eigenvalue weighted by molar-refractivity contribution is 6.20. The third-order valence-corrected chi connectivity index (χ3v) is 10.3. The molecule has 7 aromatic rings. The number of aryl methyl sites for hydroxylation is 1. The molecule has 0 saturated carbocycles. The molecule has 4 heteroatoms. The predicted molar refractivity (Wildman–Crippen MR) is 198 cm³/mol. The molecule has 3 aliphatic rings. The highest BCUT2D eigenvalue weighted by Crippen LogP contribution is 2.41. The number of para-hydroxylation sites is 2. The summed E-state index contributed by atoms with van der Waals surface area (Å²) < 4.78 is 8.79. The summed E-state index contributed by atoms with van der Waals surface area (Å²) in [5, 5.41) is 4.49. The maximum Gasteiger partial charge on any atom is 0.235 e. The topological polar surface area (TPSA) is 43.9 Å². The second kappa shape index (κ2) is 10.9. The van der Waals surface area contributed by atoms with E-state index in [0.717, 1.165) is 87.4 Å². The number of hydrogen-bond acceptors (Lipinski definition) is 3. The summed E-state index contributed by atoms with van der Waals surface area (Å²) >= 11 is 0. The van der Waals surface area contributed by atoms with Crippen LogP contribution in [0.4, 0.5) is 0 Å². The second-order valence-corrected chi connectivity index (χ2v) is 13.1. The van der Waals surface area contributed by atoms with E-state index in [9.17, 15) is 0 Å². The maximum atomic E-state index is 6.58. The highest BCUT2D eigenvalue weighted by atomic mass is 16.3. The van der Waals surface area contributed by atoms with Crippen LogP contribution in [-0.2, 0) is 6.42 Å². The number of aromatic nitrogens is 3. The molecule has 0 aliphatic heterocycles. The molecule has 0 bridgehead atoms. The first-order valence-electron chi connectivity index (χ1n) is 17.1. The van der Waals surface area contributed by atoms with Gasteiger partial charge in [-0.05, 0) is 85.2 Å². The molecule has 1 atom stereocenters. The van der Waals surface area contributed by atoms with E-state index in [-0.39, 0.29) is 0 Å². The van der Waals surface area contributed by atoms with Crippen molar-refractivity contribution in [1.82, 2.24) is 14.5 Å². The third kappa shape index (κ3) is 4.29. The Labute approximate surface area is 278 Å². The van der Waals surface area contributed by atoms with E-state index in [1.165, 1.54) is 27.7 Å². The van der Waals surface area contributed by atoms with Gasteiger partial charge in [0.1, 0.15) is 11.3 Å². The Bertz CT molecular complexity index is 2600. The standard InChI is InChI=1S/C44H33N3O/c1-2-11-28(12-3-1)29-21-23-30(24-22-29)31-13-10-14-32(27-31)42-35-16-4-7-18-37(35)45-44(46-42)47-38-19-8-5-17-36(38)41-39(47)26-25-34-33-15-6-9-20-40(33)48-43(34)41/h2,4-5,7-14,16-21,23-27,29H,1,3,6,15,22H2. The lowest BCUT2D eigenvalue weighted by atomic mass is 9.85. The Morgan fingerprint density at radius 2 is 1.56 bits per heavy atom. The molecule has 48 heavy (non-hydrogen) atoms. The van der Waals surface area contributed by atoms with Crippen LogP contribution < -0.4 is 0 Å². The maximum absolute atomic E-state index is 6.58. The summed E-state index contributed by atoms with van der Waals surface area (Å²) in [7, 11) is 0. The number of rotatable bonds is 4. The largest absolute Gasteiger partial charge is 0.456 e. The zero-order valence-corrected chi connectivity index (χ0v) is 26.6. The molecule has 0 amide bonds. The van der Waals surface area contributed by atoms with Gasteiger partial charge < -0.3 is 4.42 Å². The molecule has 0 fully saturated rings. The Morgan fingerprint density at radius 1 is 0.688 bits per heavy atom. The van der Waals surface area contributed by atoms with Gasteiger partial charge in [0, 0.05) is 33.2 Å². The fraction of sp³-hybridized carbons (Fsp3) is 0.136.